The van der Waals surface area contributed by atoms with Crippen LogP contribution in [0.4, 0.5) is 0 Å². The predicted octanol–water partition coefficient (Wildman–Crippen LogP) is 2.22. The molecule has 0 bridgehead atoms. The van der Waals surface area contributed by atoms with Crippen LogP contribution in [0.3, 0.4) is 0 Å². The van der Waals surface area contributed by atoms with E-state index in [4.69, 9.17) is 30.9 Å². The molecule has 8 heteroatoms. The summed E-state index contributed by atoms with van der Waals surface area (Å²) in [6, 6.07) is 5.07. The summed E-state index contributed by atoms with van der Waals surface area (Å²) in [7, 11) is 1.50. The molecule has 0 amide bonds. The average molecular weight is 312 g/mol. The van der Waals surface area contributed by atoms with E-state index >= 15 is 0 Å². The van der Waals surface area contributed by atoms with Gasteiger partial charge in [-0.2, -0.15) is 9.97 Å². The van der Waals surface area contributed by atoms with E-state index in [0.29, 0.717) is 23.7 Å². The number of halogens is 1. The summed E-state index contributed by atoms with van der Waals surface area (Å²) in [6.45, 7) is 2.10. The number of hydrogen-bond acceptors (Lipinski definition) is 7. The highest BCUT2D eigenvalue weighted by molar-refractivity contribution is 6.28. The van der Waals surface area contributed by atoms with E-state index in [1.165, 1.54) is 7.11 Å². The van der Waals surface area contributed by atoms with Gasteiger partial charge < -0.3 is 19.3 Å². The van der Waals surface area contributed by atoms with Crippen LogP contribution in [0.25, 0.3) is 0 Å². The van der Waals surface area contributed by atoms with Crippen molar-refractivity contribution in [2.24, 2.45) is 0 Å². The number of aromatic nitrogens is 3. The molecular weight excluding hydrogens is 298 g/mol. The van der Waals surface area contributed by atoms with Crippen molar-refractivity contribution >= 4 is 11.6 Å². The summed E-state index contributed by atoms with van der Waals surface area (Å²) < 4.78 is 15.9. The van der Waals surface area contributed by atoms with Gasteiger partial charge in [-0.25, -0.2) is 0 Å². The molecule has 1 heterocycles. The van der Waals surface area contributed by atoms with Gasteiger partial charge in [-0.15, -0.1) is 4.98 Å². The molecule has 112 valence electrons. The lowest BCUT2D eigenvalue weighted by Gasteiger charge is -2.10. The van der Waals surface area contributed by atoms with Gasteiger partial charge in [0.25, 0.3) is 0 Å². The number of nitrogens with zero attached hydrogens (tertiary/aromatic N) is 3. The second-order valence-corrected chi connectivity index (χ2v) is 4.19. The van der Waals surface area contributed by atoms with Crippen molar-refractivity contribution in [2.75, 3.05) is 13.7 Å². The summed E-state index contributed by atoms with van der Waals surface area (Å²) in [5.74, 6) is 0.829. The van der Waals surface area contributed by atoms with Crippen molar-refractivity contribution in [2.45, 2.75) is 13.5 Å². The van der Waals surface area contributed by atoms with Crippen molar-refractivity contribution < 1.29 is 19.3 Å². The van der Waals surface area contributed by atoms with E-state index in [1.807, 2.05) is 0 Å². The number of rotatable bonds is 6. The first-order valence-electron chi connectivity index (χ1n) is 6.16. The maximum absolute atomic E-state index is 9.11. The molecule has 21 heavy (non-hydrogen) atoms. The minimum Gasteiger partial charge on any atom is -0.493 e. The smallest absolute Gasteiger partial charge is 0.329 e. The van der Waals surface area contributed by atoms with Gasteiger partial charge in [0, 0.05) is 0 Å². The summed E-state index contributed by atoms with van der Waals surface area (Å²) in [6.07, 6.45) is 0. The Morgan fingerprint density at radius 1 is 1.14 bits per heavy atom. The lowest BCUT2D eigenvalue weighted by molar-refractivity contribution is 0.280. The highest BCUT2D eigenvalue weighted by Crippen LogP contribution is 2.31. The van der Waals surface area contributed by atoms with Gasteiger partial charge in [-0.1, -0.05) is 6.07 Å². The van der Waals surface area contributed by atoms with Gasteiger partial charge in [0.2, 0.25) is 5.28 Å². The lowest BCUT2D eigenvalue weighted by Crippen LogP contribution is -2.02. The van der Waals surface area contributed by atoms with E-state index < -0.39 is 0 Å². The maximum Gasteiger partial charge on any atom is 0.329 e. The zero-order valence-corrected chi connectivity index (χ0v) is 12.3. The Morgan fingerprint density at radius 2 is 1.90 bits per heavy atom. The number of methoxy groups -OCH3 is 1. The number of hydrogen-bond donors (Lipinski definition) is 1. The largest absolute Gasteiger partial charge is 0.493 e. The fraction of sp³-hybridized carbons (Fsp3) is 0.308. The highest BCUT2D eigenvalue weighted by atomic mass is 35.5. The molecule has 1 N–H and O–H groups in total. The molecule has 0 saturated carbocycles. The maximum atomic E-state index is 9.11. The van der Waals surface area contributed by atoms with Gasteiger partial charge in [0.15, 0.2) is 11.5 Å². The zero-order valence-electron chi connectivity index (χ0n) is 11.5. The Kier molecular flexibility index (Phi) is 5.13. The minimum absolute atomic E-state index is 0.00602. The normalized spacial score (nSPS) is 10.3. The Balaban J connectivity index is 2.29. The van der Waals surface area contributed by atoms with Crippen LogP contribution in [0.2, 0.25) is 5.28 Å². The molecule has 1 aromatic carbocycles. The van der Waals surface area contributed by atoms with Gasteiger partial charge in [0.05, 0.1) is 20.3 Å². The summed E-state index contributed by atoms with van der Waals surface area (Å²) in [4.78, 5) is 11.7. The Hall–Kier alpha value is -2.12. The molecule has 7 nitrogen and oxygen atoms in total. The lowest BCUT2D eigenvalue weighted by atomic mass is 10.2. The molecule has 0 unspecified atom stereocenters. The first-order chi connectivity index (χ1) is 10.2. The quantitative estimate of drug-likeness (QED) is 0.875. The summed E-state index contributed by atoms with van der Waals surface area (Å²) in [5.41, 5.74) is 0.697. The fourth-order valence-electron chi connectivity index (χ4n) is 1.55. The molecule has 2 rings (SSSR count). The molecular formula is C13H14ClN3O4. The third-order valence-electron chi connectivity index (χ3n) is 2.45. The van der Waals surface area contributed by atoms with Crippen LogP contribution in [-0.2, 0) is 6.61 Å². The molecule has 0 spiro atoms. The number of aliphatic hydroxyl groups excluding tert-OH is 1. The molecule has 0 aliphatic carbocycles. The molecule has 0 atom stereocenters. The second-order valence-electron chi connectivity index (χ2n) is 3.85. The van der Waals surface area contributed by atoms with Crippen LogP contribution in [-0.4, -0.2) is 33.8 Å². The number of benzene rings is 1. The summed E-state index contributed by atoms with van der Waals surface area (Å²) in [5, 5.41) is 9.07. The second kappa shape index (κ2) is 7.05. The van der Waals surface area contributed by atoms with Gasteiger partial charge in [0.1, 0.15) is 0 Å². The molecule has 0 fully saturated rings. The van der Waals surface area contributed by atoms with Gasteiger partial charge >= 0.3 is 12.0 Å². The first-order valence-corrected chi connectivity index (χ1v) is 6.54. The van der Waals surface area contributed by atoms with E-state index in [2.05, 4.69) is 15.0 Å². The standard InChI is InChI=1S/C13H14ClN3O4/c1-3-20-12-15-11(14)16-13(17-12)21-9-5-4-8(7-18)6-10(9)19-2/h4-6,18H,3,7H2,1-2H3. The average Bonchev–Trinajstić information content (AvgIpc) is 2.47. The Morgan fingerprint density at radius 3 is 2.57 bits per heavy atom. The third-order valence-corrected chi connectivity index (χ3v) is 2.62. The van der Waals surface area contributed by atoms with Crippen molar-refractivity contribution in [3.63, 3.8) is 0 Å². The predicted molar refractivity (Wildman–Crippen MR) is 75.0 cm³/mol. The van der Waals surface area contributed by atoms with Crippen molar-refractivity contribution in [3.05, 3.63) is 29.0 Å². The van der Waals surface area contributed by atoms with E-state index in [0.717, 1.165) is 0 Å². The van der Waals surface area contributed by atoms with E-state index in [9.17, 15) is 0 Å². The van der Waals surface area contributed by atoms with Crippen LogP contribution in [0, 0.1) is 0 Å². The Labute approximate surface area is 126 Å². The first kappa shape index (κ1) is 15.3. The van der Waals surface area contributed by atoms with Crippen LogP contribution < -0.4 is 14.2 Å². The van der Waals surface area contributed by atoms with Crippen LogP contribution >= 0.6 is 11.6 Å². The third kappa shape index (κ3) is 3.93. The highest BCUT2D eigenvalue weighted by Gasteiger charge is 2.12. The van der Waals surface area contributed by atoms with Crippen molar-refractivity contribution in [3.8, 4) is 23.5 Å². The number of aliphatic hydroxyl groups is 1. The molecule has 0 aliphatic heterocycles. The fourth-order valence-corrected chi connectivity index (χ4v) is 1.69. The molecule has 0 radical (unpaired) electrons. The zero-order chi connectivity index (χ0) is 15.2. The SMILES string of the molecule is CCOc1nc(Cl)nc(Oc2ccc(CO)cc2OC)n1. The van der Waals surface area contributed by atoms with Crippen LogP contribution in [0.1, 0.15) is 12.5 Å². The van der Waals surface area contributed by atoms with Crippen molar-refractivity contribution in [1.29, 1.82) is 0 Å². The monoisotopic (exact) mass is 311 g/mol. The topological polar surface area (TPSA) is 86.6 Å². The molecule has 0 aliphatic rings. The van der Waals surface area contributed by atoms with Crippen LogP contribution in [0.15, 0.2) is 18.2 Å². The van der Waals surface area contributed by atoms with Crippen molar-refractivity contribution in [1.82, 2.24) is 15.0 Å². The molecule has 1 aromatic heterocycles. The Bertz CT molecular complexity index is 624. The minimum atomic E-state index is -0.0945. The van der Waals surface area contributed by atoms with Gasteiger partial charge in [-0.3, -0.25) is 0 Å². The van der Waals surface area contributed by atoms with Crippen LogP contribution in [0.5, 0.6) is 23.5 Å². The van der Waals surface area contributed by atoms with E-state index in [-0.39, 0.29) is 23.9 Å². The summed E-state index contributed by atoms with van der Waals surface area (Å²) >= 11 is 5.79. The van der Waals surface area contributed by atoms with Gasteiger partial charge in [-0.05, 0) is 36.2 Å². The molecule has 2 aromatic rings. The molecule has 0 saturated heterocycles. The number of ether oxygens (including phenoxy) is 3. The van der Waals surface area contributed by atoms with E-state index in [1.54, 1.807) is 25.1 Å².